The van der Waals surface area contributed by atoms with E-state index in [0.717, 1.165) is 15.2 Å². The number of hydrogen-bond donors (Lipinski definition) is 2. The van der Waals surface area contributed by atoms with Crippen LogP contribution in [0.3, 0.4) is 0 Å². The maximum absolute atomic E-state index is 12.4. The predicted molar refractivity (Wildman–Crippen MR) is 100 cm³/mol. The lowest BCUT2D eigenvalue weighted by Gasteiger charge is -2.09. The normalized spacial score (nSPS) is 10.4. The molecule has 0 saturated carbocycles. The van der Waals surface area contributed by atoms with Crippen LogP contribution < -0.4 is 10.9 Å². The quantitative estimate of drug-likeness (QED) is 0.483. The second-order valence-corrected chi connectivity index (χ2v) is 6.28. The van der Waals surface area contributed by atoms with Gasteiger partial charge in [-0.15, -0.1) is 0 Å². The number of aromatic nitrogens is 2. The van der Waals surface area contributed by atoms with Crippen LogP contribution >= 0.6 is 15.9 Å². The number of nitrogens with zero attached hydrogens (tertiary/aromatic N) is 3. The van der Waals surface area contributed by atoms with E-state index in [1.807, 2.05) is 0 Å². The first-order valence-electron chi connectivity index (χ1n) is 7.50. The molecule has 0 unspecified atom stereocenters. The fourth-order valence-corrected chi connectivity index (χ4v) is 2.50. The van der Waals surface area contributed by atoms with Crippen molar-refractivity contribution in [2.45, 2.75) is 0 Å². The van der Waals surface area contributed by atoms with Crippen LogP contribution in [0.4, 0.5) is 11.4 Å². The zero-order valence-corrected chi connectivity index (χ0v) is 15.1. The Morgan fingerprint density at radius 2 is 1.78 bits per heavy atom. The molecule has 3 aromatic rings. The Balaban J connectivity index is 1.92. The number of carbonyl (C=O) groups is 1. The molecule has 0 fully saturated rings. The van der Waals surface area contributed by atoms with Crippen LogP contribution in [0.5, 0.6) is 5.75 Å². The van der Waals surface area contributed by atoms with Crippen LogP contribution in [-0.4, -0.2) is 25.7 Å². The Bertz CT molecular complexity index is 1080. The van der Waals surface area contributed by atoms with Crippen LogP contribution in [0, 0.1) is 10.1 Å². The number of benzene rings is 2. The zero-order chi connectivity index (χ0) is 19.6. The van der Waals surface area contributed by atoms with Crippen LogP contribution in [-0.2, 0) is 0 Å². The smallest absolute Gasteiger partial charge is 0.279 e. The number of nitro benzene ring substituents is 1. The van der Waals surface area contributed by atoms with Crippen molar-refractivity contribution in [1.29, 1.82) is 0 Å². The summed E-state index contributed by atoms with van der Waals surface area (Å²) in [5, 5.41) is 27.0. The van der Waals surface area contributed by atoms with Crippen molar-refractivity contribution >= 4 is 33.2 Å². The molecule has 136 valence electrons. The van der Waals surface area contributed by atoms with E-state index in [1.54, 1.807) is 24.3 Å². The summed E-state index contributed by atoms with van der Waals surface area (Å²) in [6.45, 7) is 0. The number of aromatic hydroxyl groups is 1. The molecule has 0 spiro atoms. The summed E-state index contributed by atoms with van der Waals surface area (Å²) >= 11 is 3.28. The van der Waals surface area contributed by atoms with Gasteiger partial charge in [-0.2, -0.15) is 9.78 Å². The Labute approximate surface area is 160 Å². The average Bonchev–Trinajstić information content (AvgIpc) is 2.63. The van der Waals surface area contributed by atoms with Gasteiger partial charge in [0.2, 0.25) is 0 Å². The van der Waals surface area contributed by atoms with Gasteiger partial charge in [0.15, 0.2) is 11.4 Å². The van der Waals surface area contributed by atoms with Crippen molar-refractivity contribution in [3.63, 3.8) is 0 Å². The van der Waals surface area contributed by atoms with Crippen molar-refractivity contribution in [1.82, 2.24) is 9.78 Å². The Hall–Kier alpha value is -3.53. The van der Waals surface area contributed by atoms with Crippen molar-refractivity contribution in [3.05, 3.63) is 85.2 Å². The van der Waals surface area contributed by atoms with Gasteiger partial charge in [-0.3, -0.25) is 19.7 Å². The molecule has 0 aliphatic heterocycles. The third-order valence-electron chi connectivity index (χ3n) is 3.53. The van der Waals surface area contributed by atoms with Crippen molar-refractivity contribution < 1.29 is 14.8 Å². The minimum atomic E-state index is -0.771. The van der Waals surface area contributed by atoms with Gasteiger partial charge in [-0.1, -0.05) is 15.9 Å². The third kappa shape index (κ3) is 4.01. The fourth-order valence-electron chi connectivity index (χ4n) is 2.23. The number of halogens is 1. The summed E-state index contributed by atoms with van der Waals surface area (Å²) in [6.07, 6.45) is 0. The molecule has 0 radical (unpaired) electrons. The highest BCUT2D eigenvalue weighted by Gasteiger charge is 2.17. The molecule has 1 heterocycles. The molecule has 2 aromatic carbocycles. The molecule has 10 heteroatoms. The Morgan fingerprint density at radius 1 is 1.15 bits per heavy atom. The summed E-state index contributed by atoms with van der Waals surface area (Å²) < 4.78 is 1.78. The van der Waals surface area contributed by atoms with Crippen LogP contribution in [0.15, 0.2) is 63.9 Å². The van der Waals surface area contributed by atoms with E-state index >= 15 is 0 Å². The molecule has 1 amide bonds. The van der Waals surface area contributed by atoms with Gasteiger partial charge in [0.25, 0.3) is 17.2 Å². The molecular formula is C17H11BrN4O5. The first-order chi connectivity index (χ1) is 12.8. The summed E-state index contributed by atoms with van der Waals surface area (Å²) in [5.41, 5.74) is -0.420. The molecule has 3 rings (SSSR count). The van der Waals surface area contributed by atoms with Gasteiger partial charge in [-0.05, 0) is 36.4 Å². The van der Waals surface area contributed by atoms with E-state index in [9.17, 15) is 24.8 Å². The SMILES string of the molecule is O=C(Nc1ccc([N+](=O)[O-])cc1)c1nn(-c2ccc(Br)cc2)c(=O)cc1O. The lowest BCUT2D eigenvalue weighted by Crippen LogP contribution is -2.25. The molecule has 27 heavy (non-hydrogen) atoms. The minimum absolute atomic E-state index is 0.127. The number of anilines is 1. The minimum Gasteiger partial charge on any atom is -0.505 e. The van der Waals surface area contributed by atoms with Gasteiger partial charge < -0.3 is 10.4 Å². The van der Waals surface area contributed by atoms with Crippen molar-refractivity contribution in [2.24, 2.45) is 0 Å². The zero-order valence-electron chi connectivity index (χ0n) is 13.5. The number of hydrogen-bond acceptors (Lipinski definition) is 6. The van der Waals surface area contributed by atoms with Gasteiger partial charge in [0.1, 0.15) is 0 Å². The number of amides is 1. The Morgan fingerprint density at radius 3 is 2.37 bits per heavy atom. The van der Waals surface area contributed by atoms with Crippen LogP contribution in [0.2, 0.25) is 0 Å². The van der Waals surface area contributed by atoms with Crippen molar-refractivity contribution in [2.75, 3.05) is 5.32 Å². The van der Waals surface area contributed by atoms with E-state index in [4.69, 9.17) is 0 Å². The number of rotatable bonds is 4. The van der Waals surface area contributed by atoms with E-state index in [1.165, 1.54) is 24.3 Å². The summed E-state index contributed by atoms with van der Waals surface area (Å²) in [4.78, 5) is 34.6. The standard InChI is InChI=1S/C17H11BrN4O5/c18-10-1-5-12(6-2-10)21-15(24)9-14(23)16(20-21)17(25)19-11-3-7-13(8-4-11)22(26)27/h1-9,23H,(H,19,25). The molecule has 1 aromatic heterocycles. The third-order valence-corrected chi connectivity index (χ3v) is 4.06. The monoisotopic (exact) mass is 430 g/mol. The predicted octanol–water partition coefficient (Wildman–Crippen LogP) is 2.86. The van der Waals surface area contributed by atoms with Gasteiger partial charge in [-0.25, -0.2) is 0 Å². The molecular weight excluding hydrogens is 420 g/mol. The van der Waals surface area contributed by atoms with E-state index in [2.05, 4.69) is 26.3 Å². The number of nitro groups is 1. The number of non-ortho nitro benzene ring substituents is 1. The summed E-state index contributed by atoms with van der Waals surface area (Å²) in [5.74, 6) is -1.35. The average molecular weight is 431 g/mol. The lowest BCUT2D eigenvalue weighted by atomic mass is 10.2. The van der Waals surface area contributed by atoms with Crippen molar-refractivity contribution in [3.8, 4) is 11.4 Å². The maximum atomic E-state index is 12.4. The fraction of sp³-hybridized carbons (Fsp3) is 0. The second kappa shape index (κ2) is 7.38. The summed E-state index contributed by atoms with van der Waals surface area (Å²) in [6, 6.07) is 12.7. The highest BCUT2D eigenvalue weighted by atomic mass is 79.9. The topological polar surface area (TPSA) is 127 Å². The van der Waals surface area contributed by atoms with E-state index in [0.29, 0.717) is 5.69 Å². The lowest BCUT2D eigenvalue weighted by molar-refractivity contribution is -0.384. The van der Waals surface area contributed by atoms with Gasteiger partial charge >= 0.3 is 0 Å². The first-order valence-corrected chi connectivity index (χ1v) is 8.29. The highest BCUT2D eigenvalue weighted by molar-refractivity contribution is 9.10. The first kappa shape index (κ1) is 18.3. The number of carbonyl (C=O) groups excluding carboxylic acids is 1. The Kier molecular flexibility index (Phi) is 4.99. The van der Waals surface area contributed by atoms with Gasteiger partial charge in [0.05, 0.1) is 10.6 Å². The summed E-state index contributed by atoms with van der Waals surface area (Å²) in [7, 11) is 0. The molecule has 0 aliphatic rings. The second-order valence-electron chi connectivity index (χ2n) is 5.36. The molecule has 0 bridgehead atoms. The van der Waals surface area contributed by atoms with Gasteiger partial charge in [0, 0.05) is 28.4 Å². The molecule has 0 aliphatic carbocycles. The van der Waals surface area contributed by atoms with E-state index in [-0.39, 0.29) is 17.1 Å². The largest absolute Gasteiger partial charge is 0.505 e. The number of nitrogens with one attached hydrogen (secondary N) is 1. The molecule has 2 N–H and O–H groups in total. The molecule has 0 atom stereocenters. The maximum Gasteiger partial charge on any atom is 0.279 e. The molecule has 0 saturated heterocycles. The van der Waals surface area contributed by atoms with Crippen LogP contribution in [0.1, 0.15) is 10.5 Å². The molecule has 9 nitrogen and oxygen atoms in total. The highest BCUT2D eigenvalue weighted by Crippen LogP contribution is 2.19. The van der Waals surface area contributed by atoms with E-state index < -0.39 is 22.1 Å². The van der Waals surface area contributed by atoms with Crippen LogP contribution in [0.25, 0.3) is 5.69 Å².